The maximum atomic E-state index is 12.5. The molecule has 0 saturated carbocycles. The second-order valence-electron chi connectivity index (χ2n) is 5.91. The molecule has 142 valence electrons. The zero-order valence-corrected chi connectivity index (χ0v) is 15.3. The number of fused-ring (bicyclic) bond motifs is 1. The Hall–Kier alpha value is -3.22. The van der Waals surface area contributed by atoms with Crippen molar-refractivity contribution in [2.45, 2.75) is 13.5 Å². The Kier molecular flexibility index (Phi) is 5.80. The van der Waals surface area contributed by atoms with Gasteiger partial charge in [-0.1, -0.05) is 6.07 Å². The lowest BCUT2D eigenvalue weighted by atomic mass is 10.2. The van der Waals surface area contributed by atoms with Crippen LogP contribution in [0.3, 0.4) is 0 Å². The average Bonchev–Trinajstić information content (AvgIpc) is 3.17. The molecule has 1 aliphatic rings. The quantitative estimate of drug-likeness (QED) is 0.664. The number of ether oxygens (including phenoxy) is 4. The first-order valence-electron chi connectivity index (χ1n) is 8.57. The molecule has 1 amide bonds. The van der Waals surface area contributed by atoms with E-state index in [4.69, 9.17) is 18.9 Å². The highest BCUT2D eigenvalue weighted by Crippen LogP contribution is 2.32. The Labute approximate surface area is 157 Å². The maximum Gasteiger partial charge on any atom is 0.260 e. The highest BCUT2D eigenvalue weighted by molar-refractivity contribution is 5.81. The van der Waals surface area contributed by atoms with E-state index in [1.165, 1.54) is 7.11 Å². The SMILES string of the molecule is CCN(Cc1ccc2c(c1)OCO2)C(=O)COc1ccc(OC)cc1C=O. The van der Waals surface area contributed by atoms with E-state index in [1.54, 1.807) is 23.1 Å². The number of rotatable bonds is 8. The van der Waals surface area contributed by atoms with Gasteiger partial charge in [0.1, 0.15) is 11.5 Å². The summed E-state index contributed by atoms with van der Waals surface area (Å²) in [6, 6.07) is 10.5. The van der Waals surface area contributed by atoms with Crippen LogP contribution in [-0.2, 0) is 11.3 Å². The zero-order valence-electron chi connectivity index (χ0n) is 15.3. The third-order valence-corrected chi connectivity index (χ3v) is 4.24. The van der Waals surface area contributed by atoms with E-state index in [0.29, 0.717) is 47.9 Å². The molecule has 0 spiro atoms. The summed E-state index contributed by atoms with van der Waals surface area (Å²) in [5.41, 5.74) is 1.27. The number of carbonyl (C=O) groups is 2. The lowest BCUT2D eigenvalue weighted by Crippen LogP contribution is -2.34. The first-order valence-corrected chi connectivity index (χ1v) is 8.57. The topological polar surface area (TPSA) is 74.3 Å². The summed E-state index contributed by atoms with van der Waals surface area (Å²) in [7, 11) is 1.52. The van der Waals surface area contributed by atoms with Crippen LogP contribution in [0.5, 0.6) is 23.0 Å². The largest absolute Gasteiger partial charge is 0.497 e. The number of aldehydes is 1. The Morgan fingerprint density at radius 3 is 2.74 bits per heavy atom. The highest BCUT2D eigenvalue weighted by Gasteiger charge is 2.17. The van der Waals surface area contributed by atoms with Gasteiger partial charge in [0.15, 0.2) is 24.4 Å². The normalized spacial score (nSPS) is 11.8. The van der Waals surface area contributed by atoms with Crippen LogP contribution < -0.4 is 18.9 Å². The average molecular weight is 371 g/mol. The van der Waals surface area contributed by atoms with Gasteiger partial charge in [-0.2, -0.15) is 0 Å². The fourth-order valence-electron chi connectivity index (χ4n) is 2.74. The molecule has 0 saturated heterocycles. The van der Waals surface area contributed by atoms with Gasteiger partial charge in [-0.15, -0.1) is 0 Å². The Bertz CT molecular complexity index is 835. The lowest BCUT2D eigenvalue weighted by Gasteiger charge is -2.21. The zero-order chi connectivity index (χ0) is 19.2. The minimum atomic E-state index is -0.178. The number of carbonyl (C=O) groups excluding carboxylic acids is 2. The van der Waals surface area contributed by atoms with Gasteiger partial charge in [0.05, 0.1) is 12.7 Å². The van der Waals surface area contributed by atoms with Crippen molar-refractivity contribution in [3.05, 3.63) is 47.5 Å². The van der Waals surface area contributed by atoms with E-state index >= 15 is 0 Å². The standard InChI is InChI=1S/C20H21NO6/c1-3-21(10-14-4-6-18-19(8-14)27-13-26-18)20(23)12-25-17-7-5-16(24-2)9-15(17)11-22/h4-9,11H,3,10,12-13H2,1-2H3. The van der Waals surface area contributed by atoms with Gasteiger partial charge in [-0.25, -0.2) is 0 Å². The third kappa shape index (κ3) is 4.31. The van der Waals surface area contributed by atoms with E-state index < -0.39 is 0 Å². The minimum absolute atomic E-state index is 0.161. The van der Waals surface area contributed by atoms with Gasteiger partial charge >= 0.3 is 0 Å². The van der Waals surface area contributed by atoms with Crippen molar-refractivity contribution in [3.8, 4) is 23.0 Å². The molecule has 0 unspecified atom stereocenters. The summed E-state index contributed by atoms with van der Waals surface area (Å²) in [6.45, 7) is 2.91. The number of hydrogen-bond acceptors (Lipinski definition) is 6. The van der Waals surface area contributed by atoms with Crippen LogP contribution in [0.25, 0.3) is 0 Å². The smallest absolute Gasteiger partial charge is 0.260 e. The molecule has 0 aromatic heterocycles. The second-order valence-corrected chi connectivity index (χ2v) is 5.91. The van der Waals surface area contributed by atoms with Crippen LogP contribution in [0.1, 0.15) is 22.8 Å². The molecular weight excluding hydrogens is 350 g/mol. The molecule has 0 atom stereocenters. The van der Waals surface area contributed by atoms with Crippen molar-refractivity contribution >= 4 is 12.2 Å². The molecule has 0 N–H and O–H groups in total. The van der Waals surface area contributed by atoms with Crippen LogP contribution in [0, 0.1) is 0 Å². The Balaban J connectivity index is 1.63. The van der Waals surface area contributed by atoms with Crippen molar-refractivity contribution in [1.29, 1.82) is 0 Å². The molecular formula is C20H21NO6. The van der Waals surface area contributed by atoms with E-state index in [9.17, 15) is 9.59 Å². The lowest BCUT2D eigenvalue weighted by molar-refractivity contribution is -0.133. The molecule has 2 aromatic carbocycles. The molecule has 1 aliphatic heterocycles. The highest BCUT2D eigenvalue weighted by atomic mass is 16.7. The molecule has 0 radical (unpaired) electrons. The first-order chi connectivity index (χ1) is 13.1. The minimum Gasteiger partial charge on any atom is -0.497 e. The molecule has 7 nitrogen and oxygen atoms in total. The summed E-state index contributed by atoms with van der Waals surface area (Å²) in [5.74, 6) is 2.10. The van der Waals surface area contributed by atoms with Crippen LogP contribution in [0.15, 0.2) is 36.4 Å². The first kappa shape index (κ1) is 18.6. The molecule has 0 aliphatic carbocycles. The van der Waals surface area contributed by atoms with E-state index in [2.05, 4.69) is 0 Å². The van der Waals surface area contributed by atoms with Crippen LogP contribution in [0.4, 0.5) is 0 Å². The number of hydrogen-bond donors (Lipinski definition) is 0. The molecule has 2 aromatic rings. The maximum absolute atomic E-state index is 12.5. The number of amides is 1. The summed E-state index contributed by atoms with van der Waals surface area (Å²) in [4.78, 5) is 25.4. The number of methoxy groups -OCH3 is 1. The van der Waals surface area contributed by atoms with E-state index in [0.717, 1.165) is 5.56 Å². The van der Waals surface area contributed by atoms with Crippen molar-refractivity contribution in [2.75, 3.05) is 27.1 Å². The van der Waals surface area contributed by atoms with Crippen molar-refractivity contribution in [2.24, 2.45) is 0 Å². The summed E-state index contributed by atoms with van der Waals surface area (Å²) >= 11 is 0. The van der Waals surface area contributed by atoms with Gasteiger partial charge in [-0.3, -0.25) is 9.59 Å². The Morgan fingerprint density at radius 2 is 2.00 bits per heavy atom. The number of likely N-dealkylation sites (N-methyl/N-ethyl adjacent to an activating group) is 1. The fraction of sp³-hybridized carbons (Fsp3) is 0.300. The molecule has 3 rings (SSSR count). The van der Waals surface area contributed by atoms with Crippen molar-refractivity contribution in [3.63, 3.8) is 0 Å². The summed E-state index contributed by atoms with van der Waals surface area (Å²) < 4.78 is 21.3. The molecule has 1 heterocycles. The predicted octanol–water partition coefficient (Wildman–Crippen LogP) is 2.66. The van der Waals surface area contributed by atoms with Gasteiger partial charge in [0, 0.05) is 13.1 Å². The van der Waals surface area contributed by atoms with Crippen molar-refractivity contribution < 1.29 is 28.5 Å². The predicted molar refractivity (Wildman–Crippen MR) is 97.5 cm³/mol. The van der Waals surface area contributed by atoms with Crippen LogP contribution in [0.2, 0.25) is 0 Å². The van der Waals surface area contributed by atoms with Crippen LogP contribution >= 0.6 is 0 Å². The fourth-order valence-corrected chi connectivity index (χ4v) is 2.74. The van der Waals surface area contributed by atoms with Crippen LogP contribution in [-0.4, -0.2) is 44.1 Å². The molecule has 7 heteroatoms. The van der Waals surface area contributed by atoms with Gasteiger partial charge in [-0.05, 0) is 42.8 Å². The second kappa shape index (κ2) is 8.44. The Morgan fingerprint density at radius 1 is 1.19 bits per heavy atom. The molecule has 27 heavy (non-hydrogen) atoms. The number of nitrogens with zero attached hydrogens (tertiary/aromatic N) is 1. The summed E-state index contributed by atoms with van der Waals surface area (Å²) in [6.07, 6.45) is 0.673. The number of benzene rings is 2. The van der Waals surface area contributed by atoms with Crippen molar-refractivity contribution in [1.82, 2.24) is 4.90 Å². The van der Waals surface area contributed by atoms with Gasteiger partial charge in [0.25, 0.3) is 5.91 Å². The molecule has 0 bridgehead atoms. The van der Waals surface area contributed by atoms with E-state index in [1.807, 2.05) is 25.1 Å². The molecule has 0 fully saturated rings. The third-order valence-electron chi connectivity index (χ3n) is 4.24. The monoisotopic (exact) mass is 371 g/mol. The van der Waals surface area contributed by atoms with Gasteiger partial charge < -0.3 is 23.8 Å². The summed E-state index contributed by atoms with van der Waals surface area (Å²) in [5, 5.41) is 0. The van der Waals surface area contributed by atoms with E-state index in [-0.39, 0.29) is 19.3 Å². The van der Waals surface area contributed by atoms with Gasteiger partial charge in [0.2, 0.25) is 6.79 Å².